The lowest BCUT2D eigenvalue weighted by molar-refractivity contribution is -0.121. The summed E-state index contributed by atoms with van der Waals surface area (Å²) >= 11 is 1.59. The summed E-state index contributed by atoms with van der Waals surface area (Å²) in [5.41, 5.74) is 0.966. The van der Waals surface area contributed by atoms with E-state index in [1.54, 1.807) is 11.8 Å². The van der Waals surface area contributed by atoms with Crippen LogP contribution in [0.3, 0.4) is 0 Å². The van der Waals surface area contributed by atoms with Crippen LogP contribution in [-0.4, -0.2) is 30.0 Å². The van der Waals surface area contributed by atoms with Gasteiger partial charge in [0.05, 0.1) is 6.54 Å². The fourth-order valence-corrected chi connectivity index (χ4v) is 2.71. The fourth-order valence-electron chi connectivity index (χ4n) is 1.98. The Morgan fingerprint density at radius 2 is 2.35 bits per heavy atom. The van der Waals surface area contributed by atoms with Gasteiger partial charge in [0.1, 0.15) is 18.3 Å². The predicted molar refractivity (Wildman–Crippen MR) is 67.6 cm³/mol. The van der Waals surface area contributed by atoms with Crippen LogP contribution in [0.2, 0.25) is 0 Å². The highest BCUT2D eigenvalue weighted by Crippen LogP contribution is 2.33. The molecular formula is C12H12N2O2S. The van der Waals surface area contributed by atoms with Gasteiger partial charge in [-0.2, -0.15) is 0 Å². The van der Waals surface area contributed by atoms with Crippen molar-refractivity contribution in [1.82, 2.24) is 5.32 Å². The number of rotatable bonds is 1. The number of amides is 1. The van der Waals surface area contributed by atoms with Crippen LogP contribution >= 0.6 is 11.8 Å². The number of nitrogens with one attached hydrogen (secondary N) is 1. The first-order valence-corrected chi connectivity index (χ1v) is 6.53. The third kappa shape index (κ3) is 2.02. The van der Waals surface area contributed by atoms with E-state index in [1.807, 2.05) is 24.3 Å². The lowest BCUT2D eigenvalue weighted by Crippen LogP contribution is -2.33. The molecule has 0 radical (unpaired) electrons. The van der Waals surface area contributed by atoms with E-state index in [0.29, 0.717) is 6.61 Å². The molecule has 1 amide bonds. The first-order chi connectivity index (χ1) is 8.34. The molecule has 0 aliphatic carbocycles. The van der Waals surface area contributed by atoms with Crippen LogP contribution in [-0.2, 0) is 4.79 Å². The van der Waals surface area contributed by atoms with E-state index in [1.165, 1.54) is 0 Å². The monoisotopic (exact) mass is 248 g/mol. The van der Waals surface area contributed by atoms with E-state index in [0.717, 1.165) is 28.8 Å². The molecule has 1 N–H and O–H groups in total. The number of hydrogen-bond acceptors (Lipinski definition) is 4. The minimum absolute atomic E-state index is 0.0249. The average Bonchev–Trinajstić information content (AvgIpc) is 2.96. The van der Waals surface area contributed by atoms with Crippen molar-refractivity contribution in [2.75, 3.05) is 18.9 Å². The van der Waals surface area contributed by atoms with Crippen molar-refractivity contribution in [2.24, 2.45) is 4.99 Å². The van der Waals surface area contributed by atoms with Gasteiger partial charge in [0, 0.05) is 11.3 Å². The van der Waals surface area contributed by atoms with Crippen molar-refractivity contribution in [3.8, 4) is 5.75 Å². The molecule has 0 aromatic heterocycles. The van der Waals surface area contributed by atoms with E-state index in [4.69, 9.17) is 4.74 Å². The average molecular weight is 248 g/mol. The Hall–Kier alpha value is -1.49. The lowest BCUT2D eigenvalue weighted by Gasteiger charge is -2.09. The number of fused-ring (bicyclic) bond motifs is 1. The summed E-state index contributed by atoms with van der Waals surface area (Å²) in [6.45, 7) is 1.21. The van der Waals surface area contributed by atoms with Crippen molar-refractivity contribution in [3.63, 3.8) is 0 Å². The highest BCUT2D eigenvalue weighted by atomic mass is 32.2. The van der Waals surface area contributed by atoms with Crippen LogP contribution in [0.1, 0.15) is 11.5 Å². The van der Waals surface area contributed by atoms with E-state index in [9.17, 15) is 4.79 Å². The molecule has 1 atom stereocenters. The molecule has 5 heteroatoms. The Balaban J connectivity index is 1.75. The lowest BCUT2D eigenvalue weighted by atomic mass is 10.0. The number of benzene rings is 1. The van der Waals surface area contributed by atoms with Crippen molar-refractivity contribution in [2.45, 2.75) is 5.92 Å². The van der Waals surface area contributed by atoms with E-state index in [-0.39, 0.29) is 11.8 Å². The second-order valence-electron chi connectivity index (χ2n) is 3.93. The van der Waals surface area contributed by atoms with Gasteiger partial charge in [-0.1, -0.05) is 30.0 Å². The maximum absolute atomic E-state index is 12.1. The molecular weight excluding hydrogens is 236 g/mol. The highest BCUT2D eigenvalue weighted by molar-refractivity contribution is 8.14. The SMILES string of the molecule is O=C(NC1=NCCS1)[C@@H]1COc2ccccc21. The largest absolute Gasteiger partial charge is 0.492 e. The first-order valence-electron chi connectivity index (χ1n) is 5.54. The van der Waals surface area contributed by atoms with Crippen LogP contribution in [0.25, 0.3) is 0 Å². The maximum atomic E-state index is 12.1. The van der Waals surface area contributed by atoms with Gasteiger partial charge in [-0.25, -0.2) is 0 Å². The number of thioether (sulfide) groups is 1. The smallest absolute Gasteiger partial charge is 0.237 e. The van der Waals surface area contributed by atoms with Gasteiger partial charge in [-0.15, -0.1) is 0 Å². The van der Waals surface area contributed by atoms with E-state index < -0.39 is 0 Å². The summed E-state index contributed by atoms with van der Waals surface area (Å²) in [6.07, 6.45) is 0. The van der Waals surface area contributed by atoms with Gasteiger partial charge in [0.25, 0.3) is 0 Å². The summed E-state index contributed by atoms with van der Waals surface area (Å²) in [6, 6.07) is 7.67. The molecule has 0 fully saturated rings. The molecule has 0 saturated carbocycles. The molecule has 2 aliphatic heterocycles. The van der Waals surface area contributed by atoms with Crippen molar-refractivity contribution in [1.29, 1.82) is 0 Å². The first kappa shape index (κ1) is 10.7. The number of carbonyl (C=O) groups excluding carboxylic acids is 1. The number of carbonyl (C=O) groups is 1. The Morgan fingerprint density at radius 3 is 3.18 bits per heavy atom. The molecule has 3 rings (SSSR count). The van der Waals surface area contributed by atoms with Crippen LogP contribution in [0.5, 0.6) is 5.75 Å². The van der Waals surface area contributed by atoms with E-state index >= 15 is 0 Å². The zero-order chi connectivity index (χ0) is 11.7. The molecule has 2 heterocycles. The van der Waals surface area contributed by atoms with Gasteiger partial charge in [0.15, 0.2) is 5.17 Å². The summed E-state index contributed by atoms with van der Waals surface area (Å²) < 4.78 is 5.49. The molecule has 0 unspecified atom stereocenters. The topological polar surface area (TPSA) is 50.7 Å². The number of amidine groups is 1. The van der Waals surface area contributed by atoms with Crippen molar-refractivity contribution >= 4 is 22.8 Å². The molecule has 17 heavy (non-hydrogen) atoms. The number of hydrogen-bond donors (Lipinski definition) is 1. The predicted octanol–water partition coefficient (Wildman–Crippen LogP) is 1.38. The second kappa shape index (κ2) is 4.41. The Labute approximate surface area is 103 Å². The van der Waals surface area contributed by atoms with Crippen LogP contribution in [0.15, 0.2) is 29.3 Å². The molecule has 1 aromatic rings. The summed E-state index contributed by atoms with van der Waals surface area (Å²) in [4.78, 5) is 16.3. The highest BCUT2D eigenvalue weighted by Gasteiger charge is 2.30. The van der Waals surface area contributed by atoms with Gasteiger partial charge in [-0.05, 0) is 6.07 Å². The molecule has 0 spiro atoms. The third-order valence-electron chi connectivity index (χ3n) is 2.83. The maximum Gasteiger partial charge on any atom is 0.237 e. The van der Waals surface area contributed by atoms with Gasteiger partial charge in [-0.3, -0.25) is 9.79 Å². The quantitative estimate of drug-likeness (QED) is 0.817. The Kier molecular flexibility index (Phi) is 2.76. The van der Waals surface area contributed by atoms with E-state index in [2.05, 4.69) is 10.3 Å². The minimum Gasteiger partial charge on any atom is -0.492 e. The summed E-state index contributed by atoms with van der Waals surface area (Å²) in [7, 11) is 0. The molecule has 0 saturated heterocycles. The zero-order valence-electron chi connectivity index (χ0n) is 9.18. The molecule has 4 nitrogen and oxygen atoms in total. The number of aliphatic imine (C=N–C) groups is 1. The molecule has 2 aliphatic rings. The number of nitrogens with zero attached hydrogens (tertiary/aromatic N) is 1. The third-order valence-corrected chi connectivity index (χ3v) is 3.72. The molecule has 1 aromatic carbocycles. The minimum atomic E-state index is -0.213. The van der Waals surface area contributed by atoms with Crippen molar-refractivity contribution in [3.05, 3.63) is 29.8 Å². The number of ether oxygens (including phenoxy) is 1. The molecule has 0 bridgehead atoms. The van der Waals surface area contributed by atoms with Crippen molar-refractivity contribution < 1.29 is 9.53 Å². The second-order valence-corrected chi connectivity index (χ2v) is 5.01. The normalized spacial score (nSPS) is 21.6. The van der Waals surface area contributed by atoms with Gasteiger partial charge >= 0.3 is 0 Å². The standard InChI is InChI=1S/C12H12N2O2S/c15-11(14-12-13-5-6-17-12)9-7-16-10-4-2-1-3-8(9)10/h1-4,9H,5-7H2,(H,13,14,15)/t9-/m1/s1. The van der Waals surface area contributed by atoms with Gasteiger partial charge < -0.3 is 10.1 Å². The fraction of sp³-hybridized carbons (Fsp3) is 0.333. The van der Waals surface area contributed by atoms with Crippen LogP contribution in [0, 0.1) is 0 Å². The Bertz CT molecular complexity index is 487. The zero-order valence-corrected chi connectivity index (χ0v) is 10.00. The van der Waals surface area contributed by atoms with Gasteiger partial charge in [0.2, 0.25) is 5.91 Å². The Morgan fingerprint density at radius 1 is 1.47 bits per heavy atom. The summed E-state index contributed by atoms with van der Waals surface area (Å²) in [5.74, 6) is 1.53. The number of para-hydroxylation sites is 1. The summed E-state index contributed by atoms with van der Waals surface area (Å²) in [5, 5.41) is 3.59. The molecule has 88 valence electrons. The van der Waals surface area contributed by atoms with Crippen LogP contribution in [0.4, 0.5) is 0 Å². The van der Waals surface area contributed by atoms with Crippen LogP contribution < -0.4 is 10.1 Å².